The fraction of sp³-hybridized carbons (Fsp3) is 0.129. The van der Waals surface area contributed by atoms with Gasteiger partial charge in [0.25, 0.3) is 5.56 Å². The molecule has 16 heteroatoms. The molecule has 4 heterocycles. The third-order valence-corrected chi connectivity index (χ3v) is 6.99. The van der Waals surface area contributed by atoms with Crippen LogP contribution in [-0.4, -0.2) is 52.2 Å². The van der Waals surface area contributed by atoms with Crippen LogP contribution in [0.3, 0.4) is 0 Å². The lowest BCUT2D eigenvalue weighted by Gasteiger charge is -2.14. The van der Waals surface area contributed by atoms with Crippen molar-refractivity contribution in [3.8, 4) is 11.5 Å². The van der Waals surface area contributed by atoms with Gasteiger partial charge in [0, 0.05) is 6.07 Å². The standard InChI is InChI=1S/C17H14ClN3O5.C14H10ClN3O3/c1-2-25-17(24)12-13(22)11-14(18)19-9-20-15(11)21(16(12)23)26-8-10-6-4-3-5-7-10;15-13-12-10(19)6-11(20)18(14(12)17-8-16-13)21-7-9-4-2-1-3-5-9/h3-7,9,22H,2,8H2,1H3;1-6,8,19H,7H2. The molecule has 2 N–H and O–H groups in total. The molecule has 0 atom stereocenters. The Hall–Kier alpha value is -5.73. The van der Waals surface area contributed by atoms with Crippen molar-refractivity contribution in [1.82, 2.24) is 29.4 Å². The highest BCUT2D eigenvalue weighted by Crippen LogP contribution is 2.30. The van der Waals surface area contributed by atoms with Crippen molar-refractivity contribution in [3.05, 3.63) is 127 Å². The molecule has 0 saturated heterocycles. The van der Waals surface area contributed by atoms with Gasteiger partial charge in [-0.25, -0.2) is 24.7 Å². The van der Waals surface area contributed by atoms with E-state index in [1.807, 2.05) is 60.7 Å². The predicted molar refractivity (Wildman–Crippen MR) is 170 cm³/mol. The zero-order valence-corrected chi connectivity index (χ0v) is 25.9. The van der Waals surface area contributed by atoms with Gasteiger partial charge < -0.3 is 24.6 Å². The van der Waals surface area contributed by atoms with Crippen LogP contribution in [0.25, 0.3) is 22.1 Å². The number of benzene rings is 2. The minimum absolute atomic E-state index is 0.0274. The Balaban J connectivity index is 0.000000189. The van der Waals surface area contributed by atoms with Crippen molar-refractivity contribution in [2.45, 2.75) is 20.1 Å². The number of halogens is 2. The van der Waals surface area contributed by atoms with E-state index in [-0.39, 0.29) is 57.9 Å². The number of carbonyl (C=O) groups excluding carboxylic acids is 1. The Kier molecular flexibility index (Phi) is 10.1. The molecule has 0 aliphatic carbocycles. The van der Waals surface area contributed by atoms with E-state index in [4.69, 9.17) is 37.6 Å². The van der Waals surface area contributed by atoms with Gasteiger partial charge in [0.1, 0.15) is 58.4 Å². The van der Waals surface area contributed by atoms with Gasteiger partial charge in [0.15, 0.2) is 16.9 Å². The molecule has 0 spiro atoms. The van der Waals surface area contributed by atoms with Crippen LogP contribution in [0.5, 0.6) is 11.5 Å². The van der Waals surface area contributed by atoms with Crippen LogP contribution >= 0.6 is 23.2 Å². The zero-order chi connectivity index (χ0) is 33.5. The molecule has 0 unspecified atom stereocenters. The van der Waals surface area contributed by atoms with Crippen molar-refractivity contribution >= 4 is 51.2 Å². The summed E-state index contributed by atoms with van der Waals surface area (Å²) in [5.41, 5.74) is -0.286. The number of carbonyl (C=O) groups is 1. The summed E-state index contributed by atoms with van der Waals surface area (Å²) in [7, 11) is 0. The maximum absolute atomic E-state index is 12.7. The van der Waals surface area contributed by atoms with Crippen LogP contribution in [0.15, 0.2) is 89.0 Å². The molecule has 0 bridgehead atoms. The van der Waals surface area contributed by atoms with Gasteiger partial charge in [0.2, 0.25) is 0 Å². The average Bonchev–Trinajstić information content (AvgIpc) is 3.06. The van der Waals surface area contributed by atoms with Crippen LogP contribution in [-0.2, 0) is 18.0 Å². The highest BCUT2D eigenvalue weighted by molar-refractivity contribution is 6.35. The predicted octanol–water partition coefficient (Wildman–Crippen LogP) is 3.74. The Labute approximate surface area is 274 Å². The Morgan fingerprint density at radius 1 is 0.766 bits per heavy atom. The van der Waals surface area contributed by atoms with Crippen LogP contribution in [0.2, 0.25) is 10.3 Å². The summed E-state index contributed by atoms with van der Waals surface area (Å²) in [4.78, 5) is 63.3. The van der Waals surface area contributed by atoms with Gasteiger partial charge in [-0.3, -0.25) is 9.59 Å². The smallest absolute Gasteiger partial charge is 0.347 e. The van der Waals surface area contributed by atoms with Gasteiger partial charge in [-0.15, -0.1) is 9.46 Å². The summed E-state index contributed by atoms with van der Waals surface area (Å²) in [5, 5.41) is 20.2. The summed E-state index contributed by atoms with van der Waals surface area (Å²) >= 11 is 11.9. The summed E-state index contributed by atoms with van der Waals surface area (Å²) in [6.07, 6.45) is 2.32. The first-order valence-corrected chi connectivity index (χ1v) is 14.5. The zero-order valence-electron chi connectivity index (χ0n) is 24.4. The highest BCUT2D eigenvalue weighted by atomic mass is 35.5. The second kappa shape index (κ2) is 14.6. The van der Waals surface area contributed by atoms with E-state index in [9.17, 15) is 24.6 Å². The number of pyridine rings is 2. The van der Waals surface area contributed by atoms with E-state index in [2.05, 4.69) is 19.9 Å². The Bertz CT molecular complexity index is 2180. The number of nitrogens with zero attached hydrogens (tertiary/aromatic N) is 6. The van der Waals surface area contributed by atoms with Crippen molar-refractivity contribution in [3.63, 3.8) is 0 Å². The van der Waals surface area contributed by atoms with Crippen molar-refractivity contribution in [2.75, 3.05) is 6.61 Å². The molecule has 4 aromatic heterocycles. The minimum atomic E-state index is -0.992. The lowest BCUT2D eigenvalue weighted by molar-refractivity contribution is 0.0507. The summed E-state index contributed by atoms with van der Waals surface area (Å²) in [6.45, 7) is 1.82. The molecular weight excluding hydrogens is 655 g/mol. The van der Waals surface area contributed by atoms with E-state index in [0.717, 1.165) is 33.0 Å². The minimum Gasteiger partial charge on any atom is -0.507 e. The summed E-state index contributed by atoms with van der Waals surface area (Å²) < 4.78 is 6.65. The highest BCUT2D eigenvalue weighted by Gasteiger charge is 2.26. The Morgan fingerprint density at radius 3 is 1.83 bits per heavy atom. The van der Waals surface area contributed by atoms with Gasteiger partial charge in [-0.1, -0.05) is 83.9 Å². The number of ether oxygens (including phenoxy) is 1. The molecule has 0 fully saturated rings. The maximum Gasteiger partial charge on any atom is 0.347 e. The molecule has 0 saturated carbocycles. The number of hydrogen-bond acceptors (Lipinski definition) is 12. The quantitative estimate of drug-likeness (QED) is 0.176. The van der Waals surface area contributed by atoms with Crippen molar-refractivity contribution in [2.24, 2.45) is 0 Å². The van der Waals surface area contributed by atoms with Gasteiger partial charge in [-0.05, 0) is 18.1 Å². The van der Waals surface area contributed by atoms with Gasteiger partial charge in [0.05, 0.1) is 6.61 Å². The van der Waals surface area contributed by atoms with E-state index in [1.165, 1.54) is 6.33 Å². The summed E-state index contributed by atoms with van der Waals surface area (Å²) in [5.74, 6) is -1.91. The molecule has 0 radical (unpaired) electrons. The van der Waals surface area contributed by atoms with E-state index in [0.29, 0.717) is 0 Å². The molecule has 47 heavy (non-hydrogen) atoms. The Morgan fingerprint density at radius 2 is 1.28 bits per heavy atom. The van der Waals surface area contributed by atoms with E-state index < -0.39 is 28.4 Å². The second-order valence-electron chi connectivity index (χ2n) is 9.45. The third kappa shape index (κ3) is 7.08. The first kappa shape index (κ1) is 32.7. The number of aromatic hydroxyl groups is 2. The largest absolute Gasteiger partial charge is 0.507 e. The second-order valence-corrected chi connectivity index (χ2v) is 10.2. The first-order chi connectivity index (χ1) is 22.7. The molecule has 0 amide bonds. The van der Waals surface area contributed by atoms with Crippen LogP contribution in [0.1, 0.15) is 28.4 Å². The lowest BCUT2D eigenvalue weighted by Crippen LogP contribution is -2.33. The number of hydrogen-bond donors (Lipinski definition) is 2. The fourth-order valence-corrected chi connectivity index (χ4v) is 4.72. The van der Waals surface area contributed by atoms with Gasteiger partial charge >= 0.3 is 11.5 Å². The molecule has 6 rings (SSSR count). The normalized spacial score (nSPS) is 10.7. The van der Waals surface area contributed by atoms with Crippen molar-refractivity contribution in [1.29, 1.82) is 0 Å². The topological polar surface area (TPSA) is 181 Å². The molecule has 0 aliphatic heterocycles. The summed E-state index contributed by atoms with van der Waals surface area (Å²) in [6, 6.07) is 19.5. The molecule has 240 valence electrons. The molecule has 2 aromatic carbocycles. The van der Waals surface area contributed by atoms with Crippen LogP contribution in [0, 0.1) is 0 Å². The number of fused-ring (bicyclic) bond motifs is 2. The number of esters is 1. The first-order valence-electron chi connectivity index (χ1n) is 13.8. The molecule has 6 aromatic rings. The fourth-order valence-electron chi connectivity index (χ4n) is 4.28. The molecule has 14 nitrogen and oxygen atoms in total. The van der Waals surface area contributed by atoms with E-state index in [1.54, 1.807) is 6.92 Å². The number of aromatic nitrogens is 6. The van der Waals surface area contributed by atoms with Gasteiger partial charge in [-0.2, -0.15) is 0 Å². The SMILES string of the molecule is CCOC(=O)c1c(O)c2c(Cl)ncnc2n(OCc2ccccc2)c1=O.O=c1cc(O)c2c(Cl)ncnc2n1OCc1ccccc1. The average molecular weight is 679 g/mol. The molecular formula is C31H24Cl2N6O8. The van der Waals surface area contributed by atoms with Crippen molar-refractivity contribution < 1.29 is 29.4 Å². The van der Waals surface area contributed by atoms with E-state index >= 15 is 0 Å². The molecule has 0 aliphatic rings. The monoisotopic (exact) mass is 678 g/mol. The van der Waals surface area contributed by atoms with Crippen LogP contribution in [0.4, 0.5) is 0 Å². The maximum atomic E-state index is 12.7. The number of rotatable bonds is 8. The lowest BCUT2D eigenvalue weighted by atomic mass is 10.2. The third-order valence-electron chi connectivity index (χ3n) is 6.42. The van der Waals surface area contributed by atoms with Crippen LogP contribution < -0.4 is 20.8 Å².